The van der Waals surface area contributed by atoms with Gasteiger partial charge in [0.15, 0.2) is 6.61 Å². The predicted octanol–water partition coefficient (Wildman–Crippen LogP) is 1.74. The van der Waals surface area contributed by atoms with Crippen LogP contribution in [-0.4, -0.2) is 35.5 Å². The maximum absolute atomic E-state index is 11.9. The molecule has 0 aromatic heterocycles. The highest BCUT2D eigenvalue weighted by Gasteiger charge is 2.15. The third kappa shape index (κ3) is 6.08. The highest BCUT2D eigenvalue weighted by Crippen LogP contribution is 2.13. The summed E-state index contributed by atoms with van der Waals surface area (Å²) < 4.78 is 16.5. The monoisotopic (exact) mass is 311 g/mol. The topological polar surface area (TPSA) is 72.5 Å². The average Bonchev–Trinajstić information content (AvgIpc) is 2.44. The Hall–Kier alpha value is -1.69. The van der Waals surface area contributed by atoms with Crippen LogP contribution in [0.3, 0.4) is 0 Å². The van der Waals surface area contributed by atoms with Crippen molar-refractivity contribution in [2.75, 3.05) is 19.4 Å². The fraction of sp³-hybridized carbons (Fsp3) is 0.467. The van der Waals surface area contributed by atoms with Crippen molar-refractivity contribution in [3.05, 3.63) is 29.8 Å². The molecule has 116 valence electrons. The van der Waals surface area contributed by atoms with Gasteiger partial charge in [0.05, 0.1) is 21.3 Å². The van der Waals surface area contributed by atoms with E-state index in [1.165, 1.54) is 12.3 Å². The average molecular weight is 311 g/mol. The number of carbonyl (C=O) groups is 2. The van der Waals surface area contributed by atoms with Crippen LogP contribution in [0.2, 0.25) is 0 Å². The summed E-state index contributed by atoms with van der Waals surface area (Å²) in [5.41, 5.74) is 0.230. The third-order valence-electron chi connectivity index (χ3n) is 2.79. The Morgan fingerprint density at radius 1 is 1.29 bits per heavy atom. The number of ether oxygens (including phenoxy) is 1. The summed E-state index contributed by atoms with van der Waals surface area (Å²) >= 11 is 0. The van der Waals surface area contributed by atoms with E-state index in [9.17, 15) is 13.8 Å². The fourth-order valence-corrected chi connectivity index (χ4v) is 2.38. The maximum atomic E-state index is 11.9. The molecule has 1 rings (SSSR count). The summed E-state index contributed by atoms with van der Waals surface area (Å²) in [5.74, 6) is -0.474. The van der Waals surface area contributed by atoms with Gasteiger partial charge in [-0.3, -0.25) is 9.00 Å². The summed E-state index contributed by atoms with van der Waals surface area (Å²) in [5, 5.41) is 2.68. The van der Waals surface area contributed by atoms with E-state index in [4.69, 9.17) is 4.74 Å². The SMILES string of the molecule is CC(C)CCNC(=O)COC(=O)c1ccccc1[S@](C)=O. The van der Waals surface area contributed by atoms with Crippen molar-refractivity contribution < 1.29 is 18.5 Å². The lowest BCUT2D eigenvalue weighted by Crippen LogP contribution is -2.30. The standard InChI is InChI=1S/C15H21NO4S/c1-11(2)8-9-16-14(17)10-20-15(18)12-6-4-5-7-13(12)21(3)19/h4-7,11H,8-10H2,1-3H3,(H,16,17)/t21-/m0/s1. The Bertz CT molecular complexity index is 528. The van der Waals surface area contributed by atoms with Crippen LogP contribution in [0.15, 0.2) is 29.2 Å². The van der Waals surface area contributed by atoms with Crippen molar-refractivity contribution in [3.8, 4) is 0 Å². The molecule has 6 heteroatoms. The van der Waals surface area contributed by atoms with E-state index in [2.05, 4.69) is 19.2 Å². The minimum Gasteiger partial charge on any atom is -0.452 e. The fourth-order valence-electron chi connectivity index (χ4n) is 1.65. The van der Waals surface area contributed by atoms with Crippen LogP contribution in [0.4, 0.5) is 0 Å². The molecule has 1 atom stereocenters. The molecular weight excluding hydrogens is 290 g/mol. The van der Waals surface area contributed by atoms with Gasteiger partial charge in [0.1, 0.15) is 0 Å². The Morgan fingerprint density at radius 3 is 2.57 bits per heavy atom. The molecular formula is C15H21NO4S. The highest BCUT2D eigenvalue weighted by molar-refractivity contribution is 7.84. The van der Waals surface area contributed by atoms with Gasteiger partial charge >= 0.3 is 5.97 Å². The van der Waals surface area contributed by atoms with Crippen molar-refractivity contribution in [2.24, 2.45) is 5.92 Å². The van der Waals surface area contributed by atoms with Crippen LogP contribution < -0.4 is 5.32 Å². The molecule has 0 unspecified atom stereocenters. The van der Waals surface area contributed by atoms with Gasteiger partial charge in [-0.25, -0.2) is 4.79 Å². The second-order valence-corrected chi connectivity index (χ2v) is 6.41. The molecule has 0 heterocycles. The Labute approximate surface area is 127 Å². The first-order valence-corrected chi connectivity index (χ1v) is 8.34. The molecule has 0 radical (unpaired) electrons. The maximum Gasteiger partial charge on any atom is 0.339 e. The first-order valence-electron chi connectivity index (χ1n) is 6.78. The van der Waals surface area contributed by atoms with Crippen molar-refractivity contribution in [1.82, 2.24) is 5.32 Å². The lowest BCUT2D eigenvalue weighted by atomic mass is 10.1. The van der Waals surface area contributed by atoms with Gasteiger partial charge < -0.3 is 10.1 Å². The molecule has 0 saturated carbocycles. The number of nitrogens with one attached hydrogen (secondary N) is 1. The van der Waals surface area contributed by atoms with E-state index in [0.29, 0.717) is 17.4 Å². The molecule has 0 aliphatic heterocycles. The van der Waals surface area contributed by atoms with Gasteiger partial charge in [0.2, 0.25) is 0 Å². The Kier molecular flexibility index (Phi) is 7.08. The normalized spacial score (nSPS) is 12.0. The second-order valence-electron chi connectivity index (χ2n) is 5.06. The number of rotatable bonds is 7. The zero-order valence-electron chi connectivity index (χ0n) is 12.5. The van der Waals surface area contributed by atoms with E-state index in [1.54, 1.807) is 18.2 Å². The number of benzene rings is 1. The quantitative estimate of drug-likeness (QED) is 0.779. The number of amides is 1. The lowest BCUT2D eigenvalue weighted by Gasteiger charge is -2.09. The van der Waals surface area contributed by atoms with E-state index >= 15 is 0 Å². The molecule has 5 nitrogen and oxygen atoms in total. The zero-order chi connectivity index (χ0) is 15.8. The summed E-state index contributed by atoms with van der Waals surface area (Å²) in [6, 6.07) is 6.51. The van der Waals surface area contributed by atoms with Crippen molar-refractivity contribution in [1.29, 1.82) is 0 Å². The van der Waals surface area contributed by atoms with Crippen LogP contribution in [-0.2, 0) is 20.3 Å². The molecule has 21 heavy (non-hydrogen) atoms. The largest absolute Gasteiger partial charge is 0.452 e. The van der Waals surface area contributed by atoms with Crippen molar-refractivity contribution in [2.45, 2.75) is 25.2 Å². The van der Waals surface area contributed by atoms with E-state index in [-0.39, 0.29) is 18.1 Å². The summed E-state index contributed by atoms with van der Waals surface area (Å²) in [6.07, 6.45) is 2.36. The molecule has 1 amide bonds. The van der Waals surface area contributed by atoms with Crippen LogP contribution in [0, 0.1) is 5.92 Å². The van der Waals surface area contributed by atoms with E-state index in [1.807, 2.05) is 0 Å². The molecule has 0 aliphatic carbocycles. The van der Waals surface area contributed by atoms with Gasteiger partial charge in [-0.2, -0.15) is 0 Å². The van der Waals surface area contributed by atoms with Gasteiger partial charge in [0.25, 0.3) is 5.91 Å². The molecule has 0 aliphatic rings. The third-order valence-corrected chi connectivity index (χ3v) is 3.77. The minimum atomic E-state index is -1.29. The first kappa shape index (κ1) is 17.4. The van der Waals surface area contributed by atoms with Crippen LogP contribution >= 0.6 is 0 Å². The summed E-state index contributed by atoms with van der Waals surface area (Å²) in [7, 11) is -1.29. The molecule has 1 N–H and O–H groups in total. The van der Waals surface area contributed by atoms with Crippen LogP contribution in [0.25, 0.3) is 0 Å². The van der Waals surface area contributed by atoms with Gasteiger partial charge in [0, 0.05) is 12.8 Å². The molecule has 0 saturated heterocycles. The van der Waals surface area contributed by atoms with Crippen molar-refractivity contribution in [3.63, 3.8) is 0 Å². The predicted molar refractivity (Wildman–Crippen MR) is 81.5 cm³/mol. The zero-order valence-corrected chi connectivity index (χ0v) is 13.4. The first-order chi connectivity index (χ1) is 9.91. The lowest BCUT2D eigenvalue weighted by molar-refractivity contribution is -0.124. The van der Waals surface area contributed by atoms with E-state index < -0.39 is 16.8 Å². The van der Waals surface area contributed by atoms with E-state index in [0.717, 1.165) is 6.42 Å². The molecule has 1 aromatic rings. The Balaban J connectivity index is 2.51. The van der Waals surface area contributed by atoms with Gasteiger partial charge in [-0.05, 0) is 24.5 Å². The number of hydrogen-bond donors (Lipinski definition) is 1. The summed E-state index contributed by atoms with van der Waals surface area (Å²) in [6.45, 7) is 4.35. The number of hydrogen-bond acceptors (Lipinski definition) is 4. The van der Waals surface area contributed by atoms with Crippen molar-refractivity contribution >= 4 is 22.7 Å². The summed E-state index contributed by atoms with van der Waals surface area (Å²) in [4.78, 5) is 23.9. The number of carbonyl (C=O) groups excluding carboxylic acids is 2. The molecule has 0 bridgehead atoms. The minimum absolute atomic E-state index is 0.230. The van der Waals surface area contributed by atoms with Crippen LogP contribution in [0.5, 0.6) is 0 Å². The highest BCUT2D eigenvalue weighted by atomic mass is 32.2. The molecule has 0 fully saturated rings. The smallest absolute Gasteiger partial charge is 0.339 e. The molecule has 1 aromatic carbocycles. The second kappa shape index (κ2) is 8.56. The number of esters is 1. The van der Waals surface area contributed by atoms with Gasteiger partial charge in [-0.15, -0.1) is 0 Å². The van der Waals surface area contributed by atoms with Crippen LogP contribution in [0.1, 0.15) is 30.6 Å². The van der Waals surface area contributed by atoms with Gasteiger partial charge in [-0.1, -0.05) is 26.0 Å². The molecule has 0 spiro atoms. The Morgan fingerprint density at radius 2 is 1.95 bits per heavy atom.